The molecule has 170 valence electrons. The summed E-state index contributed by atoms with van der Waals surface area (Å²) in [6.07, 6.45) is 9.35. The molecular weight excluding hydrogens is 456 g/mol. The standard InChI is InChI=1S/C26H25ClN2O3S/c1-17-5-3-4-6-20(17)22-15-18(7-9-19-16-28-13-11-23(19)27)8-10-21(22)25(30)29-24(26(31)32)12-14-33-2/h3-11,13,15-16,24H,12,14H2,1-2H3,(H,29,30)(H,31,32). The number of nitrogens with one attached hydrogen (secondary N) is 1. The van der Waals surface area contributed by atoms with Gasteiger partial charge in [0.05, 0.1) is 5.02 Å². The second-order valence-corrected chi connectivity index (χ2v) is 8.89. The van der Waals surface area contributed by atoms with Crippen molar-refractivity contribution in [1.29, 1.82) is 0 Å². The molecule has 0 fully saturated rings. The number of amides is 1. The first-order chi connectivity index (χ1) is 15.9. The van der Waals surface area contributed by atoms with E-state index in [1.807, 2.05) is 61.7 Å². The Kier molecular flexibility index (Phi) is 8.69. The maximum Gasteiger partial charge on any atom is 0.326 e. The summed E-state index contributed by atoms with van der Waals surface area (Å²) in [4.78, 5) is 28.9. The molecule has 1 unspecified atom stereocenters. The lowest BCUT2D eigenvalue weighted by Gasteiger charge is -2.17. The number of rotatable bonds is 9. The molecule has 0 spiro atoms. The molecule has 0 aliphatic heterocycles. The van der Waals surface area contributed by atoms with E-state index in [0.717, 1.165) is 27.8 Å². The maximum atomic E-state index is 13.1. The number of benzene rings is 2. The van der Waals surface area contributed by atoms with Gasteiger partial charge in [-0.05, 0) is 65.8 Å². The number of aromatic nitrogens is 1. The number of aliphatic carboxylic acids is 1. The van der Waals surface area contributed by atoms with Crippen LogP contribution in [0.15, 0.2) is 60.9 Å². The molecule has 2 aromatic carbocycles. The molecule has 3 rings (SSSR count). The fraction of sp³-hybridized carbons (Fsp3) is 0.192. The number of carbonyl (C=O) groups excluding carboxylic acids is 1. The minimum atomic E-state index is -1.04. The molecule has 1 heterocycles. The molecule has 0 aliphatic carbocycles. The minimum absolute atomic E-state index is 0.356. The van der Waals surface area contributed by atoms with E-state index in [0.29, 0.717) is 22.8 Å². The normalized spacial score (nSPS) is 12.0. The van der Waals surface area contributed by atoms with Crippen LogP contribution >= 0.6 is 23.4 Å². The molecule has 7 heteroatoms. The lowest BCUT2D eigenvalue weighted by molar-refractivity contribution is -0.139. The van der Waals surface area contributed by atoms with Gasteiger partial charge in [-0.2, -0.15) is 11.8 Å². The third-order valence-electron chi connectivity index (χ3n) is 5.19. The van der Waals surface area contributed by atoms with Gasteiger partial charge >= 0.3 is 5.97 Å². The number of hydrogen-bond donors (Lipinski definition) is 2. The van der Waals surface area contributed by atoms with Gasteiger partial charge in [-0.25, -0.2) is 4.79 Å². The number of carboxylic acid groups (broad SMARTS) is 1. The highest BCUT2D eigenvalue weighted by Crippen LogP contribution is 2.29. The molecule has 33 heavy (non-hydrogen) atoms. The van der Waals surface area contributed by atoms with Crippen LogP contribution in [0.2, 0.25) is 5.02 Å². The van der Waals surface area contributed by atoms with Crippen LogP contribution in [-0.4, -0.2) is 40.0 Å². The van der Waals surface area contributed by atoms with Crippen molar-refractivity contribution in [1.82, 2.24) is 10.3 Å². The summed E-state index contributed by atoms with van der Waals surface area (Å²) in [5.41, 5.74) is 4.75. The third-order valence-corrected chi connectivity index (χ3v) is 6.18. The molecule has 1 amide bonds. The summed E-state index contributed by atoms with van der Waals surface area (Å²) in [6.45, 7) is 1.98. The van der Waals surface area contributed by atoms with Crippen LogP contribution in [0.4, 0.5) is 0 Å². The van der Waals surface area contributed by atoms with Crippen molar-refractivity contribution in [3.8, 4) is 11.1 Å². The third kappa shape index (κ3) is 6.46. The fourth-order valence-electron chi connectivity index (χ4n) is 3.39. The van der Waals surface area contributed by atoms with Crippen LogP contribution in [-0.2, 0) is 4.79 Å². The minimum Gasteiger partial charge on any atom is -0.480 e. The van der Waals surface area contributed by atoms with E-state index < -0.39 is 17.9 Å². The van der Waals surface area contributed by atoms with Crippen molar-refractivity contribution < 1.29 is 14.7 Å². The van der Waals surface area contributed by atoms with Crippen LogP contribution in [0.1, 0.15) is 33.5 Å². The first-order valence-electron chi connectivity index (χ1n) is 10.4. The highest BCUT2D eigenvalue weighted by molar-refractivity contribution is 7.98. The van der Waals surface area contributed by atoms with Crippen molar-refractivity contribution in [3.63, 3.8) is 0 Å². The van der Waals surface area contributed by atoms with E-state index >= 15 is 0 Å². The number of halogens is 1. The number of pyridine rings is 1. The van der Waals surface area contributed by atoms with Crippen molar-refractivity contribution >= 4 is 47.4 Å². The summed E-state index contributed by atoms with van der Waals surface area (Å²) in [7, 11) is 0. The van der Waals surface area contributed by atoms with Gasteiger partial charge in [-0.1, -0.05) is 54.1 Å². The number of carboxylic acids is 1. The number of hydrogen-bond acceptors (Lipinski definition) is 4. The molecule has 0 radical (unpaired) electrons. The number of aryl methyl sites for hydroxylation is 1. The molecule has 1 atom stereocenters. The molecule has 1 aromatic heterocycles. The largest absolute Gasteiger partial charge is 0.480 e. The Morgan fingerprint density at radius 2 is 1.94 bits per heavy atom. The smallest absolute Gasteiger partial charge is 0.326 e. The predicted molar refractivity (Wildman–Crippen MR) is 137 cm³/mol. The lowest BCUT2D eigenvalue weighted by atomic mass is 9.93. The van der Waals surface area contributed by atoms with Crippen LogP contribution < -0.4 is 5.32 Å². The quantitative estimate of drug-likeness (QED) is 0.403. The molecule has 3 aromatic rings. The van der Waals surface area contributed by atoms with E-state index in [-0.39, 0.29) is 0 Å². The highest BCUT2D eigenvalue weighted by Gasteiger charge is 2.22. The van der Waals surface area contributed by atoms with Crippen molar-refractivity contribution in [2.45, 2.75) is 19.4 Å². The molecule has 0 saturated heterocycles. The van der Waals surface area contributed by atoms with E-state index in [1.165, 1.54) is 0 Å². The van der Waals surface area contributed by atoms with Gasteiger partial charge in [0.25, 0.3) is 5.91 Å². The zero-order valence-electron chi connectivity index (χ0n) is 18.4. The molecule has 2 N–H and O–H groups in total. The molecule has 0 aliphatic rings. The first kappa shape index (κ1) is 24.6. The van der Waals surface area contributed by atoms with E-state index in [9.17, 15) is 14.7 Å². The first-order valence-corrected chi connectivity index (χ1v) is 12.2. The van der Waals surface area contributed by atoms with E-state index in [2.05, 4.69) is 10.3 Å². The number of nitrogens with zero attached hydrogens (tertiary/aromatic N) is 1. The summed E-state index contributed by atoms with van der Waals surface area (Å²) in [6, 6.07) is 14.1. The Balaban J connectivity index is 1.99. The van der Waals surface area contributed by atoms with E-state index in [4.69, 9.17) is 11.6 Å². The van der Waals surface area contributed by atoms with Gasteiger partial charge in [-0.15, -0.1) is 0 Å². The summed E-state index contributed by atoms with van der Waals surface area (Å²) in [5, 5.41) is 12.8. The van der Waals surface area contributed by atoms with Gasteiger partial charge in [0.1, 0.15) is 6.04 Å². The average Bonchev–Trinajstić information content (AvgIpc) is 2.81. The van der Waals surface area contributed by atoms with Crippen LogP contribution in [0.25, 0.3) is 23.3 Å². The van der Waals surface area contributed by atoms with E-state index in [1.54, 1.807) is 36.3 Å². The van der Waals surface area contributed by atoms with Gasteiger partial charge in [0, 0.05) is 23.5 Å². The monoisotopic (exact) mass is 480 g/mol. The zero-order chi connectivity index (χ0) is 23.8. The second kappa shape index (κ2) is 11.7. The topological polar surface area (TPSA) is 79.3 Å². The number of thioether (sulfide) groups is 1. The molecule has 5 nitrogen and oxygen atoms in total. The van der Waals surface area contributed by atoms with Crippen LogP contribution in [0.5, 0.6) is 0 Å². The van der Waals surface area contributed by atoms with Gasteiger partial charge in [0.2, 0.25) is 0 Å². The van der Waals surface area contributed by atoms with Gasteiger partial charge in [0.15, 0.2) is 0 Å². The van der Waals surface area contributed by atoms with Crippen LogP contribution in [0, 0.1) is 6.92 Å². The lowest BCUT2D eigenvalue weighted by Crippen LogP contribution is -2.41. The predicted octanol–water partition coefficient (Wildman–Crippen LogP) is 5.82. The average molecular weight is 481 g/mol. The van der Waals surface area contributed by atoms with Crippen LogP contribution in [0.3, 0.4) is 0 Å². The van der Waals surface area contributed by atoms with Crippen molar-refractivity contribution in [2.24, 2.45) is 0 Å². The SMILES string of the molecule is CSCCC(NC(=O)c1ccc(C=Cc2cnccc2Cl)cc1-c1ccccc1C)C(=O)O. The second-order valence-electron chi connectivity index (χ2n) is 7.50. The van der Waals surface area contributed by atoms with Gasteiger partial charge in [-0.3, -0.25) is 9.78 Å². The number of carbonyl (C=O) groups is 2. The molecule has 0 saturated carbocycles. The summed E-state index contributed by atoms with van der Waals surface area (Å²) >= 11 is 7.76. The summed E-state index contributed by atoms with van der Waals surface area (Å²) < 4.78 is 0. The van der Waals surface area contributed by atoms with Crippen molar-refractivity contribution in [2.75, 3.05) is 12.0 Å². The zero-order valence-corrected chi connectivity index (χ0v) is 20.0. The maximum absolute atomic E-state index is 13.1. The Labute approximate surface area is 202 Å². The Morgan fingerprint density at radius 1 is 1.15 bits per heavy atom. The molecular formula is C26H25ClN2O3S. The highest BCUT2D eigenvalue weighted by atomic mass is 35.5. The Hall–Kier alpha value is -3.09. The van der Waals surface area contributed by atoms with Crippen molar-refractivity contribution in [3.05, 3.63) is 88.2 Å². The summed E-state index contributed by atoms with van der Waals surface area (Å²) in [5.74, 6) is -0.807. The molecule has 0 bridgehead atoms. The van der Waals surface area contributed by atoms with Gasteiger partial charge < -0.3 is 10.4 Å². The Morgan fingerprint density at radius 3 is 2.64 bits per heavy atom. The Bertz CT molecular complexity index is 1180. The fourth-order valence-corrected chi connectivity index (χ4v) is 4.03.